The molecule has 0 aliphatic carbocycles. The molecule has 1 aromatic heterocycles. The zero-order valence-corrected chi connectivity index (χ0v) is 7.03. The van der Waals surface area contributed by atoms with Gasteiger partial charge in [0.25, 0.3) is 0 Å². The van der Waals surface area contributed by atoms with E-state index >= 15 is 0 Å². The van der Waals surface area contributed by atoms with Gasteiger partial charge in [0.05, 0.1) is 0 Å². The summed E-state index contributed by atoms with van der Waals surface area (Å²) in [6, 6.07) is 3.53. The Labute approximate surface area is 75.6 Å². The largest absolute Gasteiger partial charge is 0.465 e. The van der Waals surface area contributed by atoms with Gasteiger partial charge < -0.3 is 16.2 Å². The molecule has 5 nitrogen and oxygen atoms in total. The summed E-state index contributed by atoms with van der Waals surface area (Å²) in [5.74, 6) is 0.452. The molecule has 1 amide bonds. The average Bonchev–Trinajstić information content (AvgIpc) is 2.03. The van der Waals surface area contributed by atoms with E-state index in [-0.39, 0.29) is 0 Å². The quantitative estimate of drug-likeness (QED) is 0.632. The minimum Gasteiger partial charge on any atom is -0.465 e. The van der Waals surface area contributed by atoms with Crippen molar-refractivity contribution in [2.45, 2.75) is 6.42 Å². The van der Waals surface area contributed by atoms with Gasteiger partial charge in [0, 0.05) is 12.7 Å². The van der Waals surface area contributed by atoms with Gasteiger partial charge in [0.2, 0.25) is 0 Å². The molecule has 1 rings (SSSR count). The molecule has 0 bridgehead atoms. The Balaban J connectivity index is 2.41. The van der Waals surface area contributed by atoms with E-state index < -0.39 is 6.09 Å². The monoisotopic (exact) mass is 181 g/mol. The number of pyridine rings is 1. The molecule has 70 valence electrons. The summed E-state index contributed by atoms with van der Waals surface area (Å²) in [5, 5.41) is 10.6. The van der Waals surface area contributed by atoms with E-state index in [1.807, 2.05) is 0 Å². The van der Waals surface area contributed by atoms with Crippen molar-refractivity contribution in [3.63, 3.8) is 0 Å². The Morgan fingerprint density at radius 3 is 3.08 bits per heavy atom. The maximum atomic E-state index is 10.1. The highest BCUT2D eigenvalue weighted by molar-refractivity contribution is 5.64. The molecule has 1 aromatic rings. The van der Waals surface area contributed by atoms with Gasteiger partial charge in [0.15, 0.2) is 0 Å². The van der Waals surface area contributed by atoms with Crippen molar-refractivity contribution in [2.75, 3.05) is 12.3 Å². The van der Waals surface area contributed by atoms with Crippen LogP contribution in [0.15, 0.2) is 18.3 Å². The number of hydrogen-bond donors (Lipinski definition) is 3. The van der Waals surface area contributed by atoms with Crippen LogP contribution >= 0.6 is 0 Å². The normalized spacial score (nSPS) is 9.54. The Hall–Kier alpha value is -1.78. The van der Waals surface area contributed by atoms with Crippen LogP contribution in [0.5, 0.6) is 0 Å². The fourth-order valence-electron chi connectivity index (χ4n) is 0.964. The number of anilines is 1. The number of nitrogens with zero attached hydrogens (tertiary/aromatic N) is 1. The summed E-state index contributed by atoms with van der Waals surface area (Å²) in [6.45, 7) is 0.388. The van der Waals surface area contributed by atoms with E-state index in [9.17, 15) is 4.79 Å². The molecule has 0 spiro atoms. The Morgan fingerprint density at radius 2 is 2.46 bits per heavy atom. The van der Waals surface area contributed by atoms with E-state index in [1.165, 1.54) is 0 Å². The highest BCUT2D eigenvalue weighted by Gasteiger charge is 1.96. The number of carbonyl (C=O) groups is 1. The van der Waals surface area contributed by atoms with E-state index in [1.54, 1.807) is 18.3 Å². The highest BCUT2D eigenvalue weighted by atomic mass is 16.4. The molecule has 0 aliphatic rings. The first-order valence-corrected chi connectivity index (χ1v) is 3.85. The van der Waals surface area contributed by atoms with Crippen LogP contribution in [-0.4, -0.2) is 22.7 Å². The highest BCUT2D eigenvalue weighted by Crippen LogP contribution is 2.02. The van der Waals surface area contributed by atoms with Gasteiger partial charge in [-0.2, -0.15) is 0 Å². The molecule has 0 saturated carbocycles. The van der Waals surface area contributed by atoms with E-state index in [0.29, 0.717) is 18.8 Å². The van der Waals surface area contributed by atoms with Crippen LogP contribution in [0.3, 0.4) is 0 Å². The van der Waals surface area contributed by atoms with Crippen molar-refractivity contribution in [1.29, 1.82) is 0 Å². The molecule has 5 heteroatoms. The number of nitrogen functional groups attached to an aromatic ring is 1. The predicted molar refractivity (Wildman–Crippen MR) is 48.4 cm³/mol. The van der Waals surface area contributed by atoms with Gasteiger partial charge in [-0.25, -0.2) is 9.78 Å². The Kier molecular flexibility index (Phi) is 3.08. The number of rotatable bonds is 3. The fraction of sp³-hybridized carbons (Fsp3) is 0.250. The zero-order valence-electron chi connectivity index (χ0n) is 7.03. The molecule has 0 unspecified atom stereocenters. The number of amides is 1. The summed E-state index contributed by atoms with van der Waals surface area (Å²) in [4.78, 5) is 13.9. The molecule has 1 heterocycles. The maximum absolute atomic E-state index is 10.1. The van der Waals surface area contributed by atoms with Gasteiger partial charge in [-0.3, -0.25) is 0 Å². The van der Waals surface area contributed by atoms with Crippen molar-refractivity contribution in [3.8, 4) is 0 Å². The van der Waals surface area contributed by atoms with Crippen LogP contribution in [0.25, 0.3) is 0 Å². The SMILES string of the molecule is Nc1cc(CCNC(=O)O)ccn1. The third-order valence-corrected chi connectivity index (χ3v) is 1.54. The van der Waals surface area contributed by atoms with Gasteiger partial charge in [-0.05, 0) is 24.1 Å². The molecule has 0 fully saturated rings. The van der Waals surface area contributed by atoms with Crippen molar-refractivity contribution in [1.82, 2.24) is 10.3 Å². The molecule has 4 N–H and O–H groups in total. The molecule has 0 aromatic carbocycles. The van der Waals surface area contributed by atoms with Crippen LogP contribution < -0.4 is 11.1 Å². The second kappa shape index (κ2) is 4.30. The van der Waals surface area contributed by atoms with Crippen LogP contribution in [0, 0.1) is 0 Å². The lowest BCUT2D eigenvalue weighted by Crippen LogP contribution is -2.23. The van der Waals surface area contributed by atoms with Crippen molar-refractivity contribution in [2.24, 2.45) is 0 Å². The van der Waals surface area contributed by atoms with Crippen LogP contribution in [-0.2, 0) is 6.42 Å². The topological polar surface area (TPSA) is 88.2 Å². The Morgan fingerprint density at radius 1 is 1.69 bits per heavy atom. The fourth-order valence-corrected chi connectivity index (χ4v) is 0.964. The van der Waals surface area contributed by atoms with Crippen molar-refractivity contribution >= 4 is 11.9 Å². The summed E-state index contributed by atoms with van der Waals surface area (Å²) >= 11 is 0. The minimum atomic E-state index is -1.01. The number of nitrogens with two attached hydrogens (primary N) is 1. The van der Waals surface area contributed by atoms with Crippen LogP contribution in [0.1, 0.15) is 5.56 Å². The first-order chi connectivity index (χ1) is 6.18. The lowest BCUT2D eigenvalue weighted by molar-refractivity contribution is 0.194. The van der Waals surface area contributed by atoms with Crippen molar-refractivity contribution in [3.05, 3.63) is 23.9 Å². The van der Waals surface area contributed by atoms with Crippen molar-refractivity contribution < 1.29 is 9.90 Å². The average molecular weight is 181 g/mol. The number of carboxylic acid groups (broad SMARTS) is 1. The third kappa shape index (κ3) is 3.42. The molecule has 13 heavy (non-hydrogen) atoms. The standard InChI is InChI=1S/C8H11N3O2/c9-7-5-6(1-3-10-7)2-4-11-8(12)13/h1,3,5,11H,2,4H2,(H2,9,10)(H,12,13). The number of hydrogen-bond acceptors (Lipinski definition) is 3. The summed E-state index contributed by atoms with van der Waals surface area (Å²) in [7, 11) is 0. The van der Waals surface area contributed by atoms with E-state index in [0.717, 1.165) is 5.56 Å². The second-order valence-electron chi connectivity index (χ2n) is 2.57. The Bertz CT molecular complexity index is 301. The first kappa shape index (κ1) is 9.31. The number of nitrogens with one attached hydrogen (secondary N) is 1. The third-order valence-electron chi connectivity index (χ3n) is 1.54. The summed E-state index contributed by atoms with van der Waals surface area (Å²) in [5.41, 5.74) is 6.42. The smallest absolute Gasteiger partial charge is 0.404 e. The molecule has 0 aliphatic heterocycles. The predicted octanol–water partition coefficient (Wildman–Crippen LogP) is 0.474. The van der Waals surface area contributed by atoms with E-state index in [4.69, 9.17) is 10.8 Å². The number of aromatic nitrogens is 1. The molecular formula is C8H11N3O2. The molecule has 0 atom stereocenters. The summed E-state index contributed by atoms with van der Waals surface area (Å²) < 4.78 is 0. The van der Waals surface area contributed by atoms with Gasteiger partial charge in [0.1, 0.15) is 5.82 Å². The lowest BCUT2D eigenvalue weighted by Gasteiger charge is -2.01. The molecular weight excluding hydrogens is 170 g/mol. The first-order valence-electron chi connectivity index (χ1n) is 3.85. The summed E-state index contributed by atoms with van der Waals surface area (Å²) in [6.07, 6.45) is 1.21. The van der Waals surface area contributed by atoms with Gasteiger partial charge >= 0.3 is 6.09 Å². The van der Waals surface area contributed by atoms with Gasteiger partial charge in [-0.1, -0.05) is 0 Å². The lowest BCUT2D eigenvalue weighted by atomic mass is 10.2. The second-order valence-corrected chi connectivity index (χ2v) is 2.57. The zero-order chi connectivity index (χ0) is 9.68. The van der Waals surface area contributed by atoms with E-state index in [2.05, 4.69) is 10.3 Å². The minimum absolute atomic E-state index is 0.388. The van der Waals surface area contributed by atoms with Crippen LogP contribution in [0.2, 0.25) is 0 Å². The molecule has 0 radical (unpaired) electrons. The maximum Gasteiger partial charge on any atom is 0.404 e. The van der Waals surface area contributed by atoms with Gasteiger partial charge in [-0.15, -0.1) is 0 Å². The molecule has 0 saturated heterocycles. The van der Waals surface area contributed by atoms with Crippen LogP contribution in [0.4, 0.5) is 10.6 Å².